The van der Waals surface area contributed by atoms with E-state index in [4.69, 9.17) is 92.8 Å². The van der Waals surface area contributed by atoms with Crippen molar-refractivity contribution in [1.82, 2.24) is 0 Å². The van der Waals surface area contributed by atoms with Crippen LogP contribution >= 0.6 is 22.4 Å². The predicted molar refractivity (Wildman–Crippen MR) is 152 cm³/mol. The Hall–Kier alpha value is 2.29. The van der Waals surface area contributed by atoms with Gasteiger partial charge in [0.15, 0.2) is 0 Å². The molecule has 0 atom stereocenters. The Morgan fingerprint density at radius 2 is 0.760 bits per heavy atom. The Morgan fingerprint density at radius 1 is 0.480 bits per heavy atom. The Balaban J connectivity index is 6.16. The van der Waals surface area contributed by atoms with Crippen molar-refractivity contribution in [3.05, 3.63) is 0 Å². The molecule has 0 aliphatic carbocycles. The Bertz CT molecular complexity index is 306. The topological polar surface area (TPSA) is 0 Å². The molecule has 0 spiro atoms. The predicted octanol–water partition coefficient (Wildman–Crippen LogP) is -8.25. The summed E-state index contributed by atoms with van der Waals surface area (Å²) in [5, 5.41) is 0. The van der Waals surface area contributed by atoms with Gasteiger partial charge in [-0.25, -0.2) is 0 Å². The molecule has 79 valence electrons. The van der Waals surface area contributed by atoms with E-state index in [1.54, 1.807) is 0 Å². The number of hydrogen-bond donors (Lipinski definition) is 0. The summed E-state index contributed by atoms with van der Waals surface area (Å²) in [6.07, 6.45) is -7.16. The first-order valence-corrected chi connectivity index (χ1v) is 9.13. The molecule has 0 rings (SSSR count). The van der Waals surface area contributed by atoms with Crippen LogP contribution in [0.15, 0.2) is 0 Å². The molecule has 25 heteroatoms. The molecule has 25 radical (unpaired) electrons. The maximum Gasteiger partial charge on any atom is 0.120 e. The lowest BCUT2D eigenvalue weighted by atomic mass is 8.40. The first-order chi connectivity index (χ1) is 11.4. The minimum atomic E-state index is -0.880. The Labute approximate surface area is 189 Å². The summed E-state index contributed by atoms with van der Waals surface area (Å²) in [7, 11) is 72.2. The first kappa shape index (κ1) is 27.3. The maximum atomic E-state index is 6.07. The molecule has 0 aromatic heterocycles. The largest absolute Gasteiger partial charge is 0.173 e. The van der Waals surface area contributed by atoms with Crippen LogP contribution in [0.3, 0.4) is 0 Å². The van der Waals surface area contributed by atoms with Crippen molar-refractivity contribution < 1.29 is 0 Å². The zero-order chi connectivity index (χ0) is 20.1. The Kier molecular flexibility index (Phi) is 13.9. The van der Waals surface area contributed by atoms with Crippen LogP contribution in [0.5, 0.6) is 0 Å². The van der Waals surface area contributed by atoms with Crippen molar-refractivity contribution >= 4 is 190 Å². The summed E-state index contributed by atoms with van der Waals surface area (Å²) in [5.74, 6) is 0. The quantitative estimate of drug-likeness (QED) is 0.245. The van der Waals surface area contributed by atoms with Gasteiger partial charge in [-0.2, -0.15) is 22.4 Å². The molecule has 0 saturated carbocycles. The van der Waals surface area contributed by atoms with Crippen LogP contribution in [0.4, 0.5) is 0 Å². The first-order valence-electron chi connectivity index (χ1n) is 7.88. The van der Waals surface area contributed by atoms with E-state index in [-0.39, 0.29) is 4.35 Å². The van der Waals surface area contributed by atoms with E-state index in [1.807, 2.05) is 0 Å². The van der Waals surface area contributed by atoms with E-state index < -0.39 is 63.9 Å². The zero-order valence-electron chi connectivity index (χ0n) is 14.2. The van der Waals surface area contributed by atoms with Gasteiger partial charge in [-0.05, 0) is 0 Å². The molecular formula is B24I. The second-order valence-electron chi connectivity index (χ2n) is 6.41. The summed E-state index contributed by atoms with van der Waals surface area (Å²) in [5.41, 5.74) is 0. The molecule has 0 aromatic carbocycles. The number of halogens is 1. The molecule has 0 unspecified atom stereocenters. The fourth-order valence-corrected chi connectivity index (χ4v) is 5.20. The second kappa shape index (κ2) is 12.8. The van der Waals surface area contributed by atoms with Crippen molar-refractivity contribution in [2.75, 3.05) is 0 Å². The highest BCUT2D eigenvalue weighted by Crippen LogP contribution is 2.15. The maximum absolute atomic E-state index is 6.07. The van der Waals surface area contributed by atoms with Gasteiger partial charge in [0.1, 0.15) is 4.35 Å². The summed E-state index contributed by atoms with van der Waals surface area (Å²) in [4.78, 5) is 0. The van der Waals surface area contributed by atoms with E-state index in [2.05, 4.69) is 22.4 Å². The van der Waals surface area contributed by atoms with Crippen LogP contribution in [0, 0.1) is 0 Å². The highest BCUT2D eigenvalue weighted by molar-refractivity contribution is 14.1. The molecule has 0 nitrogen and oxygen atoms in total. The van der Waals surface area contributed by atoms with Crippen LogP contribution in [-0.2, 0) is 0 Å². The van der Waals surface area contributed by atoms with Gasteiger partial charge in [0.25, 0.3) is 0 Å². The van der Waals surface area contributed by atoms with E-state index in [0.717, 1.165) is 0 Å². The normalized spacial score (nSPS) is 9.32. The van der Waals surface area contributed by atoms with E-state index in [0.29, 0.717) is 0 Å². The highest BCUT2D eigenvalue weighted by Gasteiger charge is 2.49. The van der Waals surface area contributed by atoms with Gasteiger partial charge in [-0.15, -0.1) is 0 Å². The third-order valence-corrected chi connectivity index (χ3v) is 6.17. The third-order valence-electron chi connectivity index (χ3n) is 4.51. The van der Waals surface area contributed by atoms with Crippen molar-refractivity contribution in [2.45, 2.75) is 0 Å². The third kappa shape index (κ3) is 7.91. The van der Waals surface area contributed by atoms with Crippen LogP contribution in [0.2, 0.25) is 0 Å². The molecular weight excluding hydrogens is 386 g/mol. The molecule has 0 aliphatic rings. The summed E-state index contributed by atoms with van der Waals surface area (Å²) < 4.78 is -0.365. The van der Waals surface area contributed by atoms with Gasteiger partial charge in [-0.3, -0.25) is 0 Å². The van der Waals surface area contributed by atoms with Crippen LogP contribution in [-0.4, -0.2) is 168 Å². The van der Waals surface area contributed by atoms with Gasteiger partial charge < -0.3 is 0 Å². The molecule has 25 heavy (non-hydrogen) atoms. The molecule has 0 bridgehead atoms. The fourth-order valence-electron chi connectivity index (χ4n) is 3.29. The molecule has 0 amide bonds. The van der Waals surface area contributed by atoms with E-state index in [1.165, 1.54) is 7.06 Å². The van der Waals surface area contributed by atoms with Crippen LogP contribution < -0.4 is 0 Å². The monoisotopic (exact) mass is 391 g/mol. The van der Waals surface area contributed by atoms with Crippen molar-refractivity contribution in [2.24, 2.45) is 0 Å². The van der Waals surface area contributed by atoms with Gasteiger partial charge >= 0.3 is 0 Å². The SMILES string of the molecule is [B][B]B([B])B(B([B])[B])B(I)B(B(B([B])[B])B([B])[B])B(B([B])[B])B([B])[B]. The fraction of sp³-hybridized carbons (Fsp3) is 0. The van der Waals surface area contributed by atoms with Crippen molar-refractivity contribution in [3.8, 4) is 0 Å². The summed E-state index contributed by atoms with van der Waals surface area (Å²) in [6, 6.07) is 0. The van der Waals surface area contributed by atoms with E-state index >= 15 is 0 Å². The van der Waals surface area contributed by atoms with Gasteiger partial charge in [0, 0.05) is 164 Å². The second-order valence-corrected chi connectivity index (χ2v) is 7.85. The van der Waals surface area contributed by atoms with Crippen molar-refractivity contribution in [3.63, 3.8) is 0 Å². The van der Waals surface area contributed by atoms with Gasteiger partial charge in [0.2, 0.25) is 0 Å². The average Bonchev–Trinajstić information content (AvgIpc) is 2.44. The van der Waals surface area contributed by atoms with Gasteiger partial charge in [0.05, 0.1) is 0 Å². The van der Waals surface area contributed by atoms with Crippen LogP contribution in [0.25, 0.3) is 0 Å². The molecule has 0 heterocycles. The molecule has 0 aromatic rings. The lowest BCUT2D eigenvalue weighted by molar-refractivity contribution is 3.34. The van der Waals surface area contributed by atoms with Crippen LogP contribution in [0.1, 0.15) is 0 Å². The summed E-state index contributed by atoms with van der Waals surface area (Å²) in [6.45, 7) is 0. The molecule has 0 aliphatic heterocycles. The smallest absolute Gasteiger partial charge is 0.120 e. The minimum Gasteiger partial charge on any atom is -0.173 e. The lowest BCUT2D eigenvalue weighted by Crippen LogP contribution is -2.82. The van der Waals surface area contributed by atoms with Crippen molar-refractivity contribution in [1.29, 1.82) is 0 Å². The zero-order valence-corrected chi connectivity index (χ0v) is 16.4. The molecule has 0 saturated heterocycles. The number of hydrogen-bond acceptors (Lipinski definition) is 0. The summed E-state index contributed by atoms with van der Waals surface area (Å²) >= 11 is 2.12. The Morgan fingerprint density at radius 3 is 0.960 bits per heavy atom. The standard InChI is InChI=1S/B24I/c1-13-19(12)22(18(10)11)24(25)23(20(14(2)3)15(4)5)21(16(6)7)17(8)9. The molecule has 0 N–H and O–H groups in total. The minimum absolute atomic E-state index is 0.365. The lowest BCUT2D eigenvalue weighted by Gasteiger charge is -2.43. The molecule has 0 fully saturated rings. The highest BCUT2D eigenvalue weighted by atomic mass is 127. The van der Waals surface area contributed by atoms with Gasteiger partial charge in [-0.1, -0.05) is 0 Å². The average molecular weight is 386 g/mol. The number of rotatable bonds is 11. The van der Waals surface area contributed by atoms with E-state index in [9.17, 15) is 0 Å².